The Morgan fingerprint density at radius 1 is 1.27 bits per heavy atom. The minimum Gasteiger partial charge on any atom is -0.353 e. The number of likely N-dealkylation sites (tertiary alicyclic amines) is 1. The number of aromatic nitrogens is 2. The molecule has 0 radical (unpaired) electrons. The van der Waals surface area contributed by atoms with E-state index in [4.69, 9.17) is 0 Å². The molecule has 2 aliphatic rings. The first kappa shape index (κ1) is 18.4. The molecule has 2 fully saturated rings. The Hall–Kier alpha value is -2.44. The van der Waals surface area contributed by atoms with E-state index < -0.39 is 0 Å². The smallest absolute Gasteiger partial charge is 0.250 e. The fourth-order valence-electron chi connectivity index (χ4n) is 3.94. The summed E-state index contributed by atoms with van der Waals surface area (Å²) in [5.41, 5.74) is -0.124. The Bertz CT molecular complexity index is 721. The van der Waals surface area contributed by atoms with E-state index in [2.05, 4.69) is 21.9 Å². The number of rotatable bonds is 4. The third kappa shape index (κ3) is 4.39. The van der Waals surface area contributed by atoms with Crippen molar-refractivity contribution in [3.8, 4) is 0 Å². The summed E-state index contributed by atoms with van der Waals surface area (Å²) in [6.45, 7) is 4.69. The van der Waals surface area contributed by atoms with E-state index in [9.17, 15) is 14.4 Å². The third-order valence-corrected chi connectivity index (χ3v) is 5.43. The number of hydrogen-bond donors (Lipinski definition) is 2. The predicted octanol–water partition coefficient (Wildman–Crippen LogP) is 1.34. The average Bonchev–Trinajstić information content (AvgIpc) is 2.68. The maximum atomic E-state index is 12.6. The molecule has 3 rings (SSSR count). The van der Waals surface area contributed by atoms with Gasteiger partial charge in [-0.1, -0.05) is 6.58 Å². The maximum absolute atomic E-state index is 12.6. The molecule has 1 saturated heterocycles. The highest BCUT2D eigenvalue weighted by Gasteiger charge is 2.30. The molecule has 1 aromatic rings. The van der Waals surface area contributed by atoms with Gasteiger partial charge in [0.1, 0.15) is 5.82 Å². The zero-order valence-electron chi connectivity index (χ0n) is 14.9. The van der Waals surface area contributed by atoms with E-state index in [0.717, 1.165) is 44.3 Å². The van der Waals surface area contributed by atoms with Crippen LogP contribution in [0.3, 0.4) is 0 Å². The molecule has 2 N–H and O–H groups in total. The highest BCUT2D eigenvalue weighted by atomic mass is 16.2. The summed E-state index contributed by atoms with van der Waals surface area (Å²) in [4.78, 5) is 44.6. The minimum absolute atomic E-state index is 0.0428. The Labute approximate surface area is 152 Å². The first-order valence-electron chi connectivity index (χ1n) is 9.33. The number of hydrogen-bond acceptors (Lipinski definition) is 4. The van der Waals surface area contributed by atoms with Gasteiger partial charge in [0.05, 0.1) is 5.92 Å². The van der Waals surface area contributed by atoms with Gasteiger partial charge in [0.15, 0.2) is 0 Å². The summed E-state index contributed by atoms with van der Waals surface area (Å²) >= 11 is 0. The summed E-state index contributed by atoms with van der Waals surface area (Å²) in [5.74, 6) is 0.784. The number of nitrogens with zero attached hydrogens (tertiary/aromatic N) is 2. The van der Waals surface area contributed by atoms with Crippen molar-refractivity contribution >= 4 is 11.8 Å². The number of piperidine rings is 1. The lowest BCUT2D eigenvalue weighted by atomic mass is 9.85. The number of H-pyrrole nitrogens is 1. The second kappa shape index (κ2) is 8.29. The predicted molar refractivity (Wildman–Crippen MR) is 97.5 cm³/mol. The van der Waals surface area contributed by atoms with Crippen LogP contribution in [0.1, 0.15) is 50.3 Å². The van der Waals surface area contributed by atoms with Crippen molar-refractivity contribution in [2.24, 2.45) is 5.92 Å². The topological polar surface area (TPSA) is 95.2 Å². The van der Waals surface area contributed by atoms with Crippen LogP contribution in [0.15, 0.2) is 29.7 Å². The first-order chi connectivity index (χ1) is 12.6. The summed E-state index contributed by atoms with van der Waals surface area (Å²) < 4.78 is 0. The molecule has 0 spiro atoms. The van der Waals surface area contributed by atoms with E-state index in [-0.39, 0.29) is 35.3 Å². The molecule has 26 heavy (non-hydrogen) atoms. The molecule has 1 unspecified atom stereocenters. The van der Waals surface area contributed by atoms with Crippen molar-refractivity contribution in [3.05, 3.63) is 41.1 Å². The number of amides is 2. The quantitative estimate of drug-likeness (QED) is 0.794. The van der Waals surface area contributed by atoms with Crippen molar-refractivity contribution in [1.82, 2.24) is 20.2 Å². The lowest BCUT2D eigenvalue weighted by Crippen LogP contribution is -2.47. The van der Waals surface area contributed by atoms with Gasteiger partial charge in [-0.3, -0.25) is 14.4 Å². The Morgan fingerprint density at radius 2 is 2.04 bits per heavy atom. The molecule has 1 aromatic heterocycles. The summed E-state index contributed by atoms with van der Waals surface area (Å²) in [6.07, 6.45) is 8.04. The van der Waals surface area contributed by atoms with Crippen LogP contribution in [0.4, 0.5) is 0 Å². The molecule has 0 bridgehead atoms. The molecule has 1 saturated carbocycles. The van der Waals surface area contributed by atoms with Gasteiger partial charge >= 0.3 is 0 Å². The lowest BCUT2D eigenvalue weighted by Gasteiger charge is -2.33. The van der Waals surface area contributed by atoms with Crippen LogP contribution in [-0.4, -0.2) is 45.8 Å². The van der Waals surface area contributed by atoms with Gasteiger partial charge in [0.25, 0.3) is 5.56 Å². The Balaban J connectivity index is 1.49. The summed E-state index contributed by atoms with van der Waals surface area (Å²) in [5, 5.41) is 3.15. The van der Waals surface area contributed by atoms with Crippen LogP contribution < -0.4 is 10.9 Å². The lowest BCUT2D eigenvalue weighted by molar-refractivity contribution is -0.132. The molecular weight excluding hydrogens is 332 g/mol. The molecule has 1 aliphatic carbocycles. The fourth-order valence-corrected chi connectivity index (χ4v) is 3.94. The average molecular weight is 358 g/mol. The van der Waals surface area contributed by atoms with E-state index in [1.807, 2.05) is 0 Å². The number of aromatic amines is 1. The van der Waals surface area contributed by atoms with E-state index in [0.29, 0.717) is 13.1 Å². The molecule has 2 heterocycles. The number of nitrogens with one attached hydrogen (secondary N) is 2. The van der Waals surface area contributed by atoms with E-state index in [1.54, 1.807) is 11.1 Å². The van der Waals surface area contributed by atoms with Gasteiger partial charge in [-0.15, -0.1) is 0 Å². The second-order valence-corrected chi connectivity index (χ2v) is 7.20. The van der Waals surface area contributed by atoms with Crippen molar-refractivity contribution < 1.29 is 9.59 Å². The molecule has 0 aromatic carbocycles. The van der Waals surface area contributed by atoms with E-state index >= 15 is 0 Å². The molecule has 7 heteroatoms. The van der Waals surface area contributed by atoms with Crippen LogP contribution >= 0.6 is 0 Å². The molecule has 140 valence electrons. The second-order valence-electron chi connectivity index (χ2n) is 7.20. The normalized spacial score (nSPS) is 26.2. The van der Waals surface area contributed by atoms with Crippen molar-refractivity contribution in [3.63, 3.8) is 0 Å². The molecule has 2 amide bonds. The van der Waals surface area contributed by atoms with E-state index in [1.165, 1.54) is 12.1 Å². The van der Waals surface area contributed by atoms with Gasteiger partial charge in [0, 0.05) is 37.3 Å². The van der Waals surface area contributed by atoms with Crippen LogP contribution in [0.25, 0.3) is 0 Å². The van der Waals surface area contributed by atoms with Crippen molar-refractivity contribution in [2.45, 2.75) is 50.5 Å². The molecule has 1 atom stereocenters. The Kier molecular flexibility index (Phi) is 5.85. The zero-order chi connectivity index (χ0) is 18.5. The third-order valence-electron chi connectivity index (χ3n) is 5.43. The molecule has 1 aliphatic heterocycles. The van der Waals surface area contributed by atoms with Crippen molar-refractivity contribution in [1.29, 1.82) is 0 Å². The summed E-state index contributed by atoms with van der Waals surface area (Å²) in [6, 6.07) is 1.57. The minimum atomic E-state index is -0.141. The van der Waals surface area contributed by atoms with Gasteiger partial charge in [-0.05, 0) is 44.6 Å². The Morgan fingerprint density at radius 3 is 2.73 bits per heavy atom. The maximum Gasteiger partial charge on any atom is 0.250 e. The standard InChI is InChI=1S/C19H26N4O3/c1-2-17(25)23-11-3-4-14(12-23)19(26)21-15-7-5-13(6-8-15)18-20-10-9-16(24)22-18/h2,9-10,13-15H,1,3-8,11-12H2,(H,21,26)(H,20,22,24). The number of carbonyl (C=O) groups is 2. The monoisotopic (exact) mass is 358 g/mol. The summed E-state index contributed by atoms with van der Waals surface area (Å²) in [7, 11) is 0. The highest BCUT2D eigenvalue weighted by molar-refractivity contribution is 5.88. The van der Waals surface area contributed by atoms with Gasteiger partial charge in [0.2, 0.25) is 11.8 Å². The first-order valence-corrected chi connectivity index (χ1v) is 9.33. The largest absolute Gasteiger partial charge is 0.353 e. The van der Waals surface area contributed by atoms with Gasteiger partial charge in [-0.2, -0.15) is 0 Å². The highest BCUT2D eigenvalue weighted by Crippen LogP contribution is 2.30. The van der Waals surface area contributed by atoms with Crippen LogP contribution in [0, 0.1) is 5.92 Å². The molecule has 7 nitrogen and oxygen atoms in total. The van der Waals surface area contributed by atoms with Crippen molar-refractivity contribution in [2.75, 3.05) is 13.1 Å². The zero-order valence-corrected chi connectivity index (χ0v) is 14.9. The molecular formula is C19H26N4O3. The van der Waals surface area contributed by atoms with Crippen LogP contribution in [0.2, 0.25) is 0 Å². The van der Waals surface area contributed by atoms with Crippen LogP contribution in [0.5, 0.6) is 0 Å². The van der Waals surface area contributed by atoms with Crippen LogP contribution in [-0.2, 0) is 9.59 Å². The number of carbonyl (C=O) groups excluding carboxylic acids is 2. The SMILES string of the molecule is C=CC(=O)N1CCCC(C(=O)NC2CCC(c3nccc(=O)[nH]3)CC2)C1. The van der Waals surface area contributed by atoms with Gasteiger partial charge < -0.3 is 15.2 Å². The van der Waals surface area contributed by atoms with Gasteiger partial charge in [-0.25, -0.2) is 4.98 Å². The fraction of sp³-hybridized carbons (Fsp3) is 0.579.